The topological polar surface area (TPSA) is 73.6 Å². The van der Waals surface area contributed by atoms with Gasteiger partial charge in [0.2, 0.25) is 5.91 Å². The van der Waals surface area contributed by atoms with Crippen molar-refractivity contribution < 1.29 is 14.3 Å². The van der Waals surface area contributed by atoms with Crippen LogP contribution >= 0.6 is 11.6 Å². The van der Waals surface area contributed by atoms with Crippen LogP contribution in [0, 0.1) is 0 Å². The summed E-state index contributed by atoms with van der Waals surface area (Å²) < 4.78 is 10.6. The molecule has 19 heavy (non-hydrogen) atoms. The minimum absolute atomic E-state index is 0.219. The Balaban J connectivity index is 2.86. The highest BCUT2D eigenvalue weighted by atomic mass is 35.5. The van der Waals surface area contributed by atoms with Gasteiger partial charge in [0.05, 0.1) is 24.8 Å². The van der Waals surface area contributed by atoms with E-state index in [0.29, 0.717) is 29.7 Å². The molecule has 0 aromatic heterocycles. The Morgan fingerprint density at radius 1 is 1.53 bits per heavy atom. The van der Waals surface area contributed by atoms with Gasteiger partial charge in [-0.15, -0.1) is 0 Å². The van der Waals surface area contributed by atoms with Crippen LogP contribution in [-0.4, -0.2) is 25.7 Å². The van der Waals surface area contributed by atoms with Crippen molar-refractivity contribution in [2.24, 2.45) is 5.73 Å². The van der Waals surface area contributed by atoms with Crippen molar-refractivity contribution in [1.29, 1.82) is 0 Å². The van der Waals surface area contributed by atoms with Gasteiger partial charge in [-0.2, -0.15) is 0 Å². The second kappa shape index (κ2) is 7.21. The van der Waals surface area contributed by atoms with E-state index >= 15 is 0 Å². The number of halogens is 1. The van der Waals surface area contributed by atoms with Gasteiger partial charge in [0.1, 0.15) is 0 Å². The first kappa shape index (κ1) is 15.6. The van der Waals surface area contributed by atoms with E-state index in [0.717, 1.165) is 5.56 Å². The molecule has 0 saturated heterocycles. The van der Waals surface area contributed by atoms with Crippen LogP contribution in [0.1, 0.15) is 19.4 Å². The fourth-order valence-corrected chi connectivity index (χ4v) is 1.80. The summed E-state index contributed by atoms with van der Waals surface area (Å²) in [4.78, 5) is 11.4. The van der Waals surface area contributed by atoms with Gasteiger partial charge in [0.15, 0.2) is 11.5 Å². The molecule has 1 atom stereocenters. The van der Waals surface area contributed by atoms with Crippen LogP contribution in [0.3, 0.4) is 0 Å². The highest BCUT2D eigenvalue weighted by molar-refractivity contribution is 6.32. The molecule has 0 unspecified atom stereocenters. The number of benzene rings is 1. The number of carbonyl (C=O) groups excluding carboxylic acids is 1. The minimum Gasteiger partial charge on any atom is -0.493 e. The molecule has 0 saturated carbocycles. The van der Waals surface area contributed by atoms with Crippen LogP contribution in [0.2, 0.25) is 5.02 Å². The average Bonchev–Trinajstić information content (AvgIpc) is 2.38. The lowest BCUT2D eigenvalue weighted by atomic mass is 10.2. The molecule has 0 fully saturated rings. The molecule has 1 aromatic rings. The second-order valence-corrected chi connectivity index (χ2v) is 4.46. The number of nitrogens with one attached hydrogen (secondary N) is 1. The number of hydrogen-bond acceptors (Lipinski definition) is 4. The van der Waals surface area contributed by atoms with Gasteiger partial charge in [0.25, 0.3) is 0 Å². The lowest BCUT2D eigenvalue weighted by molar-refractivity contribution is -0.122. The highest BCUT2D eigenvalue weighted by Gasteiger charge is 2.13. The first-order valence-electron chi connectivity index (χ1n) is 6.02. The fourth-order valence-electron chi connectivity index (χ4n) is 1.51. The lowest BCUT2D eigenvalue weighted by Crippen LogP contribution is -2.37. The standard InChI is InChI=1S/C13H19ClN2O3/c1-4-19-12-10(14)5-9(6-11(12)18-3)7-16-13(17)8(2)15/h5-6,8H,4,7,15H2,1-3H3,(H,16,17)/t8-/m1/s1. The van der Waals surface area contributed by atoms with Crippen molar-refractivity contribution in [1.82, 2.24) is 5.32 Å². The zero-order valence-electron chi connectivity index (χ0n) is 11.3. The van der Waals surface area contributed by atoms with Crippen LogP contribution in [0.5, 0.6) is 11.5 Å². The van der Waals surface area contributed by atoms with Crippen LogP contribution in [-0.2, 0) is 11.3 Å². The summed E-state index contributed by atoms with van der Waals surface area (Å²) in [7, 11) is 1.54. The highest BCUT2D eigenvalue weighted by Crippen LogP contribution is 2.36. The number of methoxy groups -OCH3 is 1. The van der Waals surface area contributed by atoms with Crippen LogP contribution in [0.4, 0.5) is 0 Å². The Hall–Kier alpha value is -1.46. The summed E-state index contributed by atoms with van der Waals surface area (Å²) in [6.45, 7) is 4.33. The maximum Gasteiger partial charge on any atom is 0.236 e. The Morgan fingerprint density at radius 2 is 2.21 bits per heavy atom. The third-order valence-electron chi connectivity index (χ3n) is 2.46. The molecule has 3 N–H and O–H groups in total. The number of amides is 1. The van der Waals surface area contributed by atoms with Gasteiger partial charge in [-0.25, -0.2) is 0 Å². The van der Waals surface area contributed by atoms with Crippen LogP contribution in [0.25, 0.3) is 0 Å². The number of nitrogens with two attached hydrogens (primary N) is 1. The zero-order chi connectivity index (χ0) is 14.4. The van der Waals surface area contributed by atoms with Gasteiger partial charge in [-0.3, -0.25) is 4.79 Å². The predicted octanol–water partition coefficient (Wildman–Crippen LogP) is 1.71. The molecule has 1 amide bonds. The van der Waals surface area contributed by atoms with Crippen molar-refractivity contribution in [3.8, 4) is 11.5 Å². The van der Waals surface area contributed by atoms with E-state index in [4.69, 9.17) is 26.8 Å². The van der Waals surface area contributed by atoms with E-state index in [1.807, 2.05) is 6.92 Å². The van der Waals surface area contributed by atoms with Gasteiger partial charge < -0.3 is 20.5 Å². The smallest absolute Gasteiger partial charge is 0.236 e. The quantitative estimate of drug-likeness (QED) is 0.835. The molecule has 0 spiro atoms. The first-order valence-corrected chi connectivity index (χ1v) is 6.39. The van der Waals surface area contributed by atoms with Crippen LogP contribution in [0.15, 0.2) is 12.1 Å². The van der Waals surface area contributed by atoms with Crippen LogP contribution < -0.4 is 20.5 Å². The summed E-state index contributed by atoms with van der Waals surface area (Å²) >= 11 is 6.13. The molecule has 106 valence electrons. The van der Waals surface area contributed by atoms with Gasteiger partial charge in [-0.05, 0) is 31.5 Å². The summed E-state index contributed by atoms with van der Waals surface area (Å²) in [6, 6.07) is 2.97. The average molecular weight is 287 g/mol. The summed E-state index contributed by atoms with van der Waals surface area (Å²) in [5.41, 5.74) is 6.29. The summed E-state index contributed by atoms with van der Waals surface area (Å²) in [6.07, 6.45) is 0. The fraction of sp³-hybridized carbons (Fsp3) is 0.462. The van der Waals surface area contributed by atoms with Crippen molar-refractivity contribution in [2.45, 2.75) is 26.4 Å². The molecule has 0 heterocycles. The number of ether oxygens (including phenoxy) is 2. The number of carbonyl (C=O) groups is 1. The molecular weight excluding hydrogens is 268 g/mol. The monoisotopic (exact) mass is 286 g/mol. The Kier molecular flexibility index (Phi) is 5.92. The maximum atomic E-state index is 11.4. The van der Waals surface area contributed by atoms with Gasteiger partial charge in [0, 0.05) is 6.54 Å². The van der Waals surface area contributed by atoms with Gasteiger partial charge >= 0.3 is 0 Å². The largest absolute Gasteiger partial charge is 0.493 e. The summed E-state index contributed by atoms with van der Waals surface area (Å²) in [5.74, 6) is 0.831. The molecule has 6 heteroatoms. The molecule has 1 aromatic carbocycles. The van der Waals surface area contributed by atoms with Crippen molar-refractivity contribution >= 4 is 17.5 Å². The maximum absolute atomic E-state index is 11.4. The molecule has 0 bridgehead atoms. The predicted molar refractivity (Wildman–Crippen MR) is 74.7 cm³/mol. The normalized spacial score (nSPS) is 11.8. The first-order chi connectivity index (χ1) is 8.99. The summed E-state index contributed by atoms with van der Waals surface area (Å²) in [5, 5.41) is 3.16. The Labute approximate surface area is 118 Å². The zero-order valence-corrected chi connectivity index (χ0v) is 12.1. The molecular formula is C13H19ClN2O3. The van der Waals surface area contributed by atoms with E-state index in [9.17, 15) is 4.79 Å². The third kappa shape index (κ3) is 4.29. The minimum atomic E-state index is -0.542. The van der Waals surface area contributed by atoms with E-state index in [2.05, 4.69) is 5.32 Å². The third-order valence-corrected chi connectivity index (χ3v) is 2.74. The Morgan fingerprint density at radius 3 is 2.74 bits per heavy atom. The molecule has 1 rings (SSSR count). The van der Waals surface area contributed by atoms with Crippen molar-refractivity contribution in [2.75, 3.05) is 13.7 Å². The van der Waals surface area contributed by atoms with Crippen molar-refractivity contribution in [3.63, 3.8) is 0 Å². The lowest BCUT2D eigenvalue weighted by Gasteiger charge is -2.14. The van der Waals surface area contributed by atoms with Crippen molar-refractivity contribution in [3.05, 3.63) is 22.7 Å². The second-order valence-electron chi connectivity index (χ2n) is 4.05. The Bertz CT molecular complexity index is 450. The van der Waals surface area contributed by atoms with E-state index in [1.165, 1.54) is 0 Å². The molecule has 0 aliphatic rings. The molecule has 0 aliphatic heterocycles. The number of rotatable bonds is 6. The molecule has 0 radical (unpaired) electrons. The van der Waals surface area contributed by atoms with E-state index < -0.39 is 6.04 Å². The van der Waals surface area contributed by atoms with E-state index in [1.54, 1.807) is 26.2 Å². The molecule has 0 aliphatic carbocycles. The molecule has 5 nitrogen and oxygen atoms in total. The number of hydrogen-bond donors (Lipinski definition) is 2. The SMILES string of the molecule is CCOc1c(Cl)cc(CNC(=O)[C@@H](C)N)cc1OC. The van der Waals surface area contributed by atoms with E-state index in [-0.39, 0.29) is 5.91 Å². The van der Waals surface area contributed by atoms with Gasteiger partial charge in [-0.1, -0.05) is 11.6 Å².